The zero-order chi connectivity index (χ0) is 18.0. The highest BCUT2D eigenvalue weighted by molar-refractivity contribution is 7.11. The number of carbonyl (C=O) groups excluding carboxylic acids is 1. The number of nitro groups is 1. The smallest absolute Gasteiger partial charge is 0.311 e. The number of nitro benzene ring substituents is 1. The van der Waals surface area contributed by atoms with E-state index in [-0.39, 0.29) is 11.6 Å². The Labute approximate surface area is 143 Å². The quantitative estimate of drug-likeness (QED) is 0.658. The van der Waals surface area contributed by atoms with Gasteiger partial charge in [-0.1, -0.05) is 13.0 Å². The van der Waals surface area contributed by atoms with Crippen LogP contribution in [0.5, 0.6) is 5.75 Å². The van der Waals surface area contributed by atoms with E-state index in [1.807, 2.05) is 20.8 Å². The number of phenolic OH excluding ortho intramolecular Hbond substituents is 1. The van der Waals surface area contributed by atoms with Crippen molar-refractivity contribution in [1.29, 1.82) is 0 Å². The van der Waals surface area contributed by atoms with E-state index in [9.17, 15) is 20.0 Å². The number of amides is 1. The topological polar surface area (TPSA) is 96.6 Å². The second kappa shape index (κ2) is 6.96. The summed E-state index contributed by atoms with van der Waals surface area (Å²) in [6, 6.07) is 3.67. The highest BCUT2D eigenvalue weighted by atomic mass is 32.1. The third-order valence-electron chi connectivity index (χ3n) is 3.90. The number of phenols is 1. The minimum absolute atomic E-state index is 0.0866. The van der Waals surface area contributed by atoms with Crippen molar-refractivity contribution >= 4 is 22.9 Å². The molecule has 128 valence electrons. The van der Waals surface area contributed by atoms with Crippen LogP contribution < -0.4 is 0 Å². The molecule has 24 heavy (non-hydrogen) atoms. The lowest BCUT2D eigenvalue weighted by atomic mass is 10.1. The molecule has 1 heterocycles. The summed E-state index contributed by atoms with van der Waals surface area (Å²) < 4.78 is 0. The van der Waals surface area contributed by atoms with Crippen molar-refractivity contribution in [2.75, 3.05) is 7.05 Å². The van der Waals surface area contributed by atoms with Crippen LogP contribution in [0, 0.1) is 17.0 Å². The normalized spacial score (nSPS) is 12.0. The lowest BCUT2D eigenvalue weighted by molar-refractivity contribution is -0.385. The monoisotopic (exact) mass is 349 g/mol. The molecule has 7 nitrogen and oxygen atoms in total. The summed E-state index contributed by atoms with van der Waals surface area (Å²) in [5.74, 6) is -1.09. The molecule has 0 bridgehead atoms. The molecular weight excluding hydrogens is 330 g/mol. The molecule has 1 aromatic carbocycles. The van der Waals surface area contributed by atoms with Crippen molar-refractivity contribution in [3.8, 4) is 5.75 Å². The van der Waals surface area contributed by atoms with Crippen molar-refractivity contribution in [2.45, 2.75) is 33.2 Å². The molecule has 0 saturated heterocycles. The van der Waals surface area contributed by atoms with Gasteiger partial charge >= 0.3 is 5.69 Å². The van der Waals surface area contributed by atoms with Gasteiger partial charge in [-0.3, -0.25) is 14.9 Å². The predicted molar refractivity (Wildman–Crippen MR) is 91.5 cm³/mol. The summed E-state index contributed by atoms with van der Waals surface area (Å²) in [6.45, 7) is 5.78. The lowest BCUT2D eigenvalue weighted by Gasteiger charge is -2.24. The fourth-order valence-corrected chi connectivity index (χ4v) is 3.50. The number of rotatable bonds is 5. The van der Waals surface area contributed by atoms with Crippen LogP contribution in [0.4, 0.5) is 5.69 Å². The number of aromatic hydroxyl groups is 1. The van der Waals surface area contributed by atoms with Crippen LogP contribution in [0.1, 0.15) is 45.8 Å². The molecule has 0 unspecified atom stereocenters. The molecular formula is C16H19N3O4S. The van der Waals surface area contributed by atoms with Crippen LogP contribution in [0.2, 0.25) is 0 Å². The summed E-state index contributed by atoms with van der Waals surface area (Å²) >= 11 is 1.55. The molecule has 1 N–H and O–H groups in total. The van der Waals surface area contributed by atoms with E-state index in [4.69, 9.17) is 0 Å². The van der Waals surface area contributed by atoms with Gasteiger partial charge in [0, 0.05) is 18.0 Å². The van der Waals surface area contributed by atoms with Crippen LogP contribution in [0.3, 0.4) is 0 Å². The van der Waals surface area contributed by atoms with Gasteiger partial charge in [-0.15, -0.1) is 11.3 Å². The molecule has 2 rings (SSSR count). The first-order valence-electron chi connectivity index (χ1n) is 7.47. The maximum Gasteiger partial charge on any atom is 0.311 e. The summed E-state index contributed by atoms with van der Waals surface area (Å²) in [5, 5.41) is 21.9. The zero-order valence-corrected chi connectivity index (χ0v) is 14.8. The number of hydrogen-bond acceptors (Lipinski definition) is 6. The van der Waals surface area contributed by atoms with Crippen LogP contribution >= 0.6 is 11.3 Å². The predicted octanol–water partition coefficient (Wildman–Crippen LogP) is 3.46. The Hall–Kier alpha value is -2.48. The maximum absolute atomic E-state index is 12.7. The molecule has 1 amide bonds. The number of hydrogen-bond donors (Lipinski definition) is 1. The van der Waals surface area contributed by atoms with Gasteiger partial charge in [0.05, 0.1) is 27.2 Å². The van der Waals surface area contributed by atoms with Crippen molar-refractivity contribution in [3.05, 3.63) is 49.5 Å². The van der Waals surface area contributed by atoms with Crippen molar-refractivity contribution in [2.24, 2.45) is 0 Å². The average molecular weight is 349 g/mol. The Morgan fingerprint density at radius 1 is 1.50 bits per heavy atom. The van der Waals surface area contributed by atoms with E-state index in [1.165, 1.54) is 17.0 Å². The number of para-hydroxylation sites is 1. The molecule has 0 radical (unpaired) electrons. The zero-order valence-electron chi connectivity index (χ0n) is 13.9. The first-order chi connectivity index (χ1) is 11.3. The Morgan fingerprint density at radius 2 is 2.17 bits per heavy atom. The third-order valence-corrected chi connectivity index (χ3v) is 5.37. The molecule has 1 atom stereocenters. The van der Waals surface area contributed by atoms with Gasteiger partial charge in [-0.25, -0.2) is 4.98 Å². The summed E-state index contributed by atoms with van der Waals surface area (Å²) in [7, 11) is 1.61. The number of aryl methyl sites for hydroxylation is 2. The summed E-state index contributed by atoms with van der Waals surface area (Å²) in [5.41, 5.74) is 0.299. The molecule has 2 aromatic rings. The summed E-state index contributed by atoms with van der Waals surface area (Å²) in [4.78, 5) is 29.8. The minimum Gasteiger partial charge on any atom is -0.502 e. The lowest BCUT2D eigenvalue weighted by Crippen LogP contribution is -2.29. The van der Waals surface area contributed by atoms with E-state index >= 15 is 0 Å². The van der Waals surface area contributed by atoms with Gasteiger partial charge in [-0.05, 0) is 26.3 Å². The molecule has 1 aromatic heterocycles. The van der Waals surface area contributed by atoms with E-state index < -0.39 is 22.3 Å². The third kappa shape index (κ3) is 3.23. The van der Waals surface area contributed by atoms with E-state index in [1.54, 1.807) is 18.4 Å². The van der Waals surface area contributed by atoms with Crippen molar-refractivity contribution in [3.63, 3.8) is 0 Å². The van der Waals surface area contributed by atoms with Gasteiger partial charge < -0.3 is 10.0 Å². The highest BCUT2D eigenvalue weighted by Crippen LogP contribution is 2.33. The Kier molecular flexibility index (Phi) is 5.18. The molecule has 8 heteroatoms. The second-order valence-corrected chi connectivity index (χ2v) is 6.55. The van der Waals surface area contributed by atoms with E-state index in [0.29, 0.717) is 0 Å². The minimum atomic E-state index is -0.712. The second-order valence-electron chi connectivity index (χ2n) is 5.43. The van der Waals surface area contributed by atoms with Crippen molar-refractivity contribution < 1.29 is 14.8 Å². The standard InChI is InChI=1S/C16H19N3O4S/c1-5-13-17-9(2)15(24-13)10(3)18(4)16(21)11-7-6-8-12(14(11)20)19(22)23/h6-8,10,20H,5H2,1-4H3/t10-/m0/s1. The van der Waals surface area contributed by atoms with Crippen LogP contribution in [0.15, 0.2) is 18.2 Å². The van der Waals surface area contributed by atoms with Gasteiger partial charge in [0.15, 0.2) is 0 Å². The number of aromatic nitrogens is 1. The molecule has 0 spiro atoms. The Balaban J connectivity index is 2.34. The number of thiazole rings is 1. The Morgan fingerprint density at radius 3 is 2.71 bits per heavy atom. The molecule has 0 fully saturated rings. The first kappa shape index (κ1) is 17.9. The first-order valence-corrected chi connectivity index (χ1v) is 8.29. The fourth-order valence-electron chi connectivity index (χ4n) is 2.40. The fraction of sp³-hybridized carbons (Fsp3) is 0.375. The molecule has 0 aliphatic carbocycles. The van der Waals surface area contributed by atoms with Gasteiger partial charge in [0.25, 0.3) is 5.91 Å². The molecule has 0 aliphatic rings. The van der Waals surface area contributed by atoms with Crippen LogP contribution in [-0.2, 0) is 6.42 Å². The van der Waals surface area contributed by atoms with E-state index in [2.05, 4.69) is 4.98 Å². The summed E-state index contributed by atoms with van der Waals surface area (Å²) in [6.07, 6.45) is 0.821. The largest absolute Gasteiger partial charge is 0.502 e. The van der Waals surface area contributed by atoms with Crippen LogP contribution in [-0.4, -0.2) is 32.9 Å². The molecule has 0 aliphatic heterocycles. The highest BCUT2D eigenvalue weighted by Gasteiger charge is 2.27. The SMILES string of the molecule is CCc1nc(C)c([C@H](C)N(C)C(=O)c2cccc([N+](=O)[O-])c2O)s1. The number of carbonyl (C=O) groups is 1. The average Bonchev–Trinajstić information content (AvgIpc) is 2.93. The van der Waals surface area contributed by atoms with Gasteiger partial charge in [0.1, 0.15) is 0 Å². The Bertz CT molecular complexity index is 788. The van der Waals surface area contributed by atoms with Crippen LogP contribution in [0.25, 0.3) is 0 Å². The van der Waals surface area contributed by atoms with Gasteiger partial charge in [-0.2, -0.15) is 0 Å². The van der Waals surface area contributed by atoms with Gasteiger partial charge in [0.2, 0.25) is 5.75 Å². The van der Waals surface area contributed by atoms with E-state index in [0.717, 1.165) is 28.1 Å². The number of benzene rings is 1. The van der Waals surface area contributed by atoms with Crippen molar-refractivity contribution in [1.82, 2.24) is 9.88 Å². The molecule has 0 saturated carbocycles. The number of nitrogens with zero attached hydrogens (tertiary/aromatic N) is 3. The maximum atomic E-state index is 12.7.